The lowest BCUT2D eigenvalue weighted by molar-refractivity contribution is -0.124. The SMILES string of the molecule is COc1cccc(NC(=O)CSC2=Nc3ccccc3C3=NC(c4ccccc4)C(=O)N23)c1. The van der Waals surface area contributed by atoms with Crippen LogP contribution < -0.4 is 10.1 Å². The molecule has 0 saturated heterocycles. The molecule has 0 spiro atoms. The first-order chi connectivity index (χ1) is 16.1. The Balaban J connectivity index is 1.39. The number of methoxy groups -OCH3 is 1. The quantitative estimate of drug-likeness (QED) is 0.617. The normalized spacial score (nSPS) is 16.5. The number of hydrogen-bond donors (Lipinski definition) is 1. The number of rotatable bonds is 5. The van der Waals surface area contributed by atoms with E-state index in [9.17, 15) is 9.59 Å². The zero-order chi connectivity index (χ0) is 22.8. The van der Waals surface area contributed by atoms with E-state index in [1.54, 1.807) is 25.3 Å². The molecule has 0 bridgehead atoms. The van der Waals surface area contributed by atoms with Gasteiger partial charge in [-0.05, 0) is 29.8 Å². The van der Waals surface area contributed by atoms with E-state index in [2.05, 4.69) is 10.3 Å². The molecule has 2 amide bonds. The van der Waals surface area contributed by atoms with Crippen molar-refractivity contribution < 1.29 is 14.3 Å². The zero-order valence-corrected chi connectivity index (χ0v) is 18.6. The molecule has 7 nitrogen and oxygen atoms in total. The molecule has 0 saturated carbocycles. The number of nitrogens with one attached hydrogen (secondary N) is 1. The van der Waals surface area contributed by atoms with Crippen LogP contribution in [0.5, 0.6) is 5.75 Å². The van der Waals surface area contributed by atoms with Gasteiger partial charge in [0, 0.05) is 17.3 Å². The number of benzene rings is 3. The van der Waals surface area contributed by atoms with Crippen LogP contribution in [-0.2, 0) is 9.59 Å². The fourth-order valence-electron chi connectivity index (χ4n) is 3.73. The van der Waals surface area contributed by atoms with E-state index in [1.165, 1.54) is 16.7 Å². The molecule has 0 fully saturated rings. The van der Waals surface area contributed by atoms with Gasteiger partial charge in [-0.2, -0.15) is 0 Å². The van der Waals surface area contributed by atoms with Crippen LogP contribution in [0.1, 0.15) is 17.2 Å². The van der Waals surface area contributed by atoms with Gasteiger partial charge in [-0.3, -0.25) is 9.59 Å². The number of carbonyl (C=O) groups is 2. The summed E-state index contributed by atoms with van der Waals surface area (Å²) in [5.74, 6) is 0.926. The van der Waals surface area contributed by atoms with Crippen LogP contribution >= 0.6 is 11.8 Å². The Bertz CT molecular complexity index is 1290. The first-order valence-electron chi connectivity index (χ1n) is 10.4. The molecule has 8 heteroatoms. The largest absolute Gasteiger partial charge is 0.497 e. The van der Waals surface area contributed by atoms with E-state index in [1.807, 2.05) is 60.7 Å². The number of para-hydroxylation sites is 1. The topological polar surface area (TPSA) is 83.4 Å². The smallest absolute Gasteiger partial charge is 0.263 e. The van der Waals surface area contributed by atoms with E-state index in [0.29, 0.717) is 22.4 Å². The maximum absolute atomic E-state index is 13.4. The number of nitrogens with zero attached hydrogens (tertiary/aromatic N) is 3. The second-order valence-electron chi connectivity index (χ2n) is 7.42. The molecule has 0 aliphatic carbocycles. The van der Waals surface area contributed by atoms with Crippen LogP contribution in [0.4, 0.5) is 11.4 Å². The summed E-state index contributed by atoms with van der Waals surface area (Å²) in [7, 11) is 1.57. The van der Waals surface area contributed by atoms with Gasteiger partial charge in [0.1, 0.15) is 11.6 Å². The van der Waals surface area contributed by atoms with Crippen molar-refractivity contribution in [1.82, 2.24) is 4.90 Å². The van der Waals surface area contributed by atoms with Crippen LogP contribution in [0.2, 0.25) is 0 Å². The second-order valence-corrected chi connectivity index (χ2v) is 8.36. The maximum atomic E-state index is 13.4. The van der Waals surface area contributed by atoms with Crippen molar-refractivity contribution in [2.45, 2.75) is 6.04 Å². The number of amides is 2. The molecule has 1 atom stereocenters. The van der Waals surface area contributed by atoms with Crippen LogP contribution in [0.3, 0.4) is 0 Å². The third-order valence-electron chi connectivity index (χ3n) is 5.27. The zero-order valence-electron chi connectivity index (χ0n) is 17.8. The molecule has 33 heavy (non-hydrogen) atoms. The van der Waals surface area contributed by atoms with Gasteiger partial charge in [0.25, 0.3) is 5.91 Å². The lowest BCUT2D eigenvalue weighted by Crippen LogP contribution is -2.40. The van der Waals surface area contributed by atoms with Crippen molar-refractivity contribution >= 4 is 46.0 Å². The number of amidine groups is 2. The molecule has 3 aromatic carbocycles. The minimum absolute atomic E-state index is 0.0886. The first kappa shape index (κ1) is 21.0. The highest BCUT2D eigenvalue weighted by Crippen LogP contribution is 2.37. The molecule has 2 aliphatic rings. The summed E-state index contributed by atoms with van der Waals surface area (Å²) in [6.07, 6.45) is 0. The summed E-state index contributed by atoms with van der Waals surface area (Å²) < 4.78 is 5.20. The monoisotopic (exact) mass is 456 g/mol. The van der Waals surface area contributed by atoms with Crippen molar-refractivity contribution in [2.75, 3.05) is 18.2 Å². The van der Waals surface area contributed by atoms with E-state index >= 15 is 0 Å². The number of fused-ring (bicyclic) bond motifs is 3. The summed E-state index contributed by atoms with van der Waals surface area (Å²) >= 11 is 1.21. The average molecular weight is 457 g/mol. The number of carbonyl (C=O) groups excluding carboxylic acids is 2. The molecule has 5 rings (SSSR count). The fourth-order valence-corrected chi connectivity index (χ4v) is 4.53. The van der Waals surface area contributed by atoms with Crippen molar-refractivity contribution in [3.8, 4) is 5.75 Å². The molecule has 0 radical (unpaired) electrons. The number of aliphatic imine (C=N–C) groups is 2. The summed E-state index contributed by atoms with van der Waals surface area (Å²) in [4.78, 5) is 36.9. The fraction of sp³-hybridized carbons (Fsp3) is 0.120. The van der Waals surface area contributed by atoms with Crippen LogP contribution in [0.25, 0.3) is 0 Å². The highest BCUT2D eigenvalue weighted by Gasteiger charge is 2.42. The minimum Gasteiger partial charge on any atom is -0.497 e. The highest BCUT2D eigenvalue weighted by molar-refractivity contribution is 8.14. The molecule has 1 N–H and O–H groups in total. The lowest BCUT2D eigenvalue weighted by Gasteiger charge is -2.25. The third kappa shape index (κ3) is 4.12. The van der Waals surface area contributed by atoms with E-state index < -0.39 is 6.04 Å². The van der Waals surface area contributed by atoms with Crippen LogP contribution in [0, 0.1) is 0 Å². The maximum Gasteiger partial charge on any atom is 0.263 e. The second kappa shape index (κ2) is 8.91. The van der Waals surface area contributed by atoms with Gasteiger partial charge < -0.3 is 10.1 Å². The van der Waals surface area contributed by atoms with Gasteiger partial charge in [-0.25, -0.2) is 14.9 Å². The van der Waals surface area contributed by atoms with E-state index in [0.717, 1.165) is 16.8 Å². The van der Waals surface area contributed by atoms with Crippen LogP contribution in [0.15, 0.2) is 88.8 Å². The van der Waals surface area contributed by atoms with Gasteiger partial charge in [-0.15, -0.1) is 0 Å². The lowest BCUT2D eigenvalue weighted by atomic mass is 10.1. The Morgan fingerprint density at radius 3 is 2.67 bits per heavy atom. The molecule has 2 aliphatic heterocycles. The summed E-state index contributed by atoms with van der Waals surface area (Å²) in [5, 5.41) is 3.29. The predicted octanol–water partition coefficient (Wildman–Crippen LogP) is 4.40. The molecule has 164 valence electrons. The van der Waals surface area contributed by atoms with Gasteiger partial charge in [0.15, 0.2) is 11.2 Å². The molecule has 2 heterocycles. The number of thioether (sulfide) groups is 1. The summed E-state index contributed by atoms with van der Waals surface area (Å²) in [5.41, 5.74) is 2.99. The third-order valence-corrected chi connectivity index (χ3v) is 6.21. The molecule has 0 aromatic heterocycles. The van der Waals surface area contributed by atoms with E-state index in [-0.39, 0.29) is 17.6 Å². The van der Waals surface area contributed by atoms with Crippen molar-refractivity contribution in [3.63, 3.8) is 0 Å². The average Bonchev–Trinajstić information content (AvgIpc) is 3.21. The molecular weight excluding hydrogens is 436 g/mol. The Kier molecular flexibility index (Phi) is 5.66. The molecular formula is C25H20N4O3S. The summed E-state index contributed by atoms with van der Waals surface area (Å²) in [6.45, 7) is 0. The number of hydrogen-bond acceptors (Lipinski definition) is 6. The minimum atomic E-state index is -0.635. The highest BCUT2D eigenvalue weighted by atomic mass is 32.2. The Morgan fingerprint density at radius 1 is 1.06 bits per heavy atom. The summed E-state index contributed by atoms with van der Waals surface area (Å²) in [6, 6.07) is 23.6. The van der Waals surface area contributed by atoms with Crippen LogP contribution in [-0.4, -0.2) is 40.6 Å². The van der Waals surface area contributed by atoms with Gasteiger partial charge in [-0.1, -0.05) is 60.3 Å². The Hall–Kier alpha value is -3.91. The van der Waals surface area contributed by atoms with Crippen molar-refractivity contribution in [1.29, 1.82) is 0 Å². The Labute approximate surface area is 195 Å². The molecule has 3 aromatic rings. The van der Waals surface area contributed by atoms with E-state index in [4.69, 9.17) is 9.73 Å². The van der Waals surface area contributed by atoms with Gasteiger partial charge >= 0.3 is 0 Å². The van der Waals surface area contributed by atoms with Gasteiger partial charge in [0.2, 0.25) is 5.91 Å². The van der Waals surface area contributed by atoms with Crippen molar-refractivity contribution in [3.05, 3.63) is 90.0 Å². The number of ether oxygens (including phenoxy) is 1. The first-order valence-corrected chi connectivity index (χ1v) is 11.3. The van der Waals surface area contributed by atoms with Gasteiger partial charge in [0.05, 0.1) is 18.6 Å². The Morgan fingerprint density at radius 2 is 1.85 bits per heavy atom. The molecule has 1 unspecified atom stereocenters. The predicted molar refractivity (Wildman–Crippen MR) is 130 cm³/mol. The standard InChI is InChI=1S/C25H20N4O3S/c1-32-18-11-7-10-17(14-18)26-21(30)15-33-25-27-20-13-6-5-12-19(20)23-28-22(24(31)29(23)25)16-8-3-2-4-9-16/h2-14,22H,15H2,1H3,(H,26,30). The number of anilines is 1. The van der Waals surface area contributed by atoms with Crippen molar-refractivity contribution in [2.24, 2.45) is 9.98 Å².